The van der Waals surface area contributed by atoms with E-state index in [9.17, 15) is 13.2 Å². The second-order valence-electron chi connectivity index (χ2n) is 5.39. The summed E-state index contributed by atoms with van der Waals surface area (Å²) in [7, 11) is 0. The molecule has 0 aromatic carbocycles. The summed E-state index contributed by atoms with van der Waals surface area (Å²) < 4.78 is 38.7. The molecule has 0 aromatic rings. The van der Waals surface area contributed by atoms with Crippen LogP contribution in [0.4, 0.5) is 13.2 Å². The van der Waals surface area contributed by atoms with Crippen LogP contribution < -0.4 is 11.1 Å². The molecule has 1 aliphatic heterocycles. The first-order valence-electron chi connectivity index (χ1n) is 5.90. The highest BCUT2D eigenvalue weighted by Gasteiger charge is 2.59. The number of hydrogen-bond acceptors (Lipinski definition) is 2. The fraction of sp³-hybridized carbons (Fsp3) is 1.00. The van der Waals surface area contributed by atoms with Gasteiger partial charge in [-0.15, -0.1) is 0 Å². The second-order valence-corrected chi connectivity index (χ2v) is 5.39. The maximum absolute atomic E-state index is 12.9. The van der Waals surface area contributed by atoms with Crippen LogP contribution in [0.2, 0.25) is 0 Å². The molecular formula is C11H19F3N2. The van der Waals surface area contributed by atoms with Gasteiger partial charge in [0.05, 0.1) is 5.92 Å². The predicted octanol–water partition coefficient (Wildman–Crippen LogP) is 1.90. The number of nitrogens with one attached hydrogen (secondary N) is 1. The van der Waals surface area contributed by atoms with Gasteiger partial charge in [-0.05, 0) is 43.7 Å². The van der Waals surface area contributed by atoms with Crippen molar-refractivity contribution in [2.24, 2.45) is 23.0 Å². The molecule has 1 saturated carbocycles. The van der Waals surface area contributed by atoms with Crippen molar-refractivity contribution in [1.82, 2.24) is 5.32 Å². The zero-order valence-electron chi connectivity index (χ0n) is 9.48. The zero-order valence-corrected chi connectivity index (χ0v) is 9.48. The van der Waals surface area contributed by atoms with Crippen LogP contribution in [-0.2, 0) is 0 Å². The minimum Gasteiger partial charge on any atom is -0.327 e. The summed E-state index contributed by atoms with van der Waals surface area (Å²) in [5.74, 6) is -1.65. The topological polar surface area (TPSA) is 38.0 Å². The quantitative estimate of drug-likeness (QED) is 0.674. The van der Waals surface area contributed by atoms with Gasteiger partial charge in [0.2, 0.25) is 0 Å². The molecule has 0 bridgehead atoms. The molecule has 3 atom stereocenters. The molecule has 1 aliphatic carbocycles. The van der Waals surface area contributed by atoms with E-state index in [2.05, 4.69) is 5.32 Å². The number of halogens is 3. The van der Waals surface area contributed by atoms with Gasteiger partial charge >= 0.3 is 6.18 Å². The average molecular weight is 236 g/mol. The van der Waals surface area contributed by atoms with Crippen LogP contribution in [0.1, 0.15) is 26.2 Å². The second kappa shape index (κ2) is 3.88. The van der Waals surface area contributed by atoms with Gasteiger partial charge in [0.25, 0.3) is 0 Å². The van der Waals surface area contributed by atoms with Crippen LogP contribution in [0.15, 0.2) is 0 Å². The first kappa shape index (κ1) is 12.2. The van der Waals surface area contributed by atoms with Crippen LogP contribution in [0.25, 0.3) is 0 Å². The van der Waals surface area contributed by atoms with Crippen molar-refractivity contribution >= 4 is 0 Å². The first-order chi connectivity index (χ1) is 7.37. The van der Waals surface area contributed by atoms with E-state index in [-0.39, 0.29) is 11.3 Å². The molecular weight excluding hydrogens is 217 g/mol. The molecule has 1 heterocycles. The molecule has 2 nitrogen and oxygen atoms in total. The molecule has 0 radical (unpaired) electrons. The van der Waals surface area contributed by atoms with Crippen LogP contribution in [0.5, 0.6) is 0 Å². The molecule has 1 spiro atoms. The van der Waals surface area contributed by atoms with E-state index in [0.29, 0.717) is 6.42 Å². The minimum atomic E-state index is -4.15. The maximum Gasteiger partial charge on any atom is 0.393 e. The Morgan fingerprint density at radius 3 is 2.25 bits per heavy atom. The summed E-state index contributed by atoms with van der Waals surface area (Å²) in [6, 6.07) is -0.718. The lowest BCUT2D eigenvalue weighted by Crippen LogP contribution is -2.50. The van der Waals surface area contributed by atoms with Crippen molar-refractivity contribution in [3.8, 4) is 0 Å². The third kappa shape index (κ3) is 1.84. The molecule has 1 unspecified atom stereocenters. The summed E-state index contributed by atoms with van der Waals surface area (Å²) in [5.41, 5.74) is 5.64. The lowest BCUT2D eigenvalue weighted by Gasteiger charge is -2.39. The lowest BCUT2D eigenvalue weighted by atomic mass is 9.73. The number of piperidine rings is 1. The molecule has 2 aliphatic rings. The highest BCUT2D eigenvalue weighted by Crippen LogP contribution is 2.54. The minimum absolute atomic E-state index is 0.273. The standard InChI is InChI=1S/C11H19F3N2/c1-7-6-10(2-4-16-5-3-10)9(15)8(7)11(12,13)14/h7-9,16H,2-6,15H2,1H3/t7-,8+,9?/m0/s1. The summed E-state index contributed by atoms with van der Waals surface area (Å²) in [6.45, 7) is 3.28. The summed E-state index contributed by atoms with van der Waals surface area (Å²) >= 11 is 0. The van der Waals surface area contributed by atoms with E-state index in [1.165, 1.54) is 0 Å². The van der Waals surface area contributed by atoms with Gasteiger partial charge < -0.3 is 11.1 Å². The van der Waals surface area contributed by atoms with E-state index >= 15 is 0 Å². The monoisotopic (exact) mass is 236 g/mol. The van der Waals surface area contributed by atoms with E-state index in [4.69, 9.17) is 5.73 Å². The molecule has 1 saturated heterocycles. The SMILES string of the molecule is C[C@H]1CC2(CCNCC2)C(N)[C@@H]1C(F)(F)F. The van der Waals surface area contributed by atoms with Crippen molar-refractivity contribution in [2.75, 3.05) is 13.1 Å². The number of alkyl halides is 3. The van der Waals surface area contributed by atoms with Crippen molar-refractivity contribution in [2.45, 2.75) is 38.4 Å². The van der Waals surface area contributed by atoms with Crippen molar-refractivity contribution in [3.63, 3.8) is 0 Å². The normalized spacial score (nSPS) is 39.2. The van der Waals surface area contributed by atoms with Crippen LogP contribution >= 0.6 is 0 Å². The number of nitrogens with two attached hydrogens (primary N) is 1. The van der Waals surface area contributed by atoms with Gasteiger partial charge in [0.15, 0.2) is 0 Å². The largest absolute Gasteiger partial charge is 0.393 e. The molecule has 2 rings (SSSR count). The number of rotatable bonds is 0. The predicted molar refractivity (Wildman–Crippen MR) is 55.8 cm³/mol. The van der Waals surface area contributed by atoms with E-state index in [1.807, 2.05) is 0 Å². The van der Waals surface area contributed by atoms with E-state index in [0.717, 1.165) is 25.9 Å². The zero-order chi connectivity index (χ0) is 12.0. The smallest absolute Gasteiger partial charge is 0.327 e. The number of hydrogen-bond donors (Lipinski definition) is 2. The highest BCUT2D eigenvalue weighted by atomic mass is 19.4. The van der Waals surface area contributed by atoms with Crippen LogP contribution in [0.3, 0.4) is 0 Å². The third-order valence-corrected chi connectivity index (χ3v) is 4.41. The Bertz CT molecular complexity index is 258. The van der Waals surface area contributed by atoms with Gasteiger partial charge in [-0.25, -0.2) is 0 Å². The first-order valence-corrected chi connectivity index (χ1v) is 5.90. The summed E-state index contributed by atoms with van der Waals surface area (Å²) in [4.78, 5) is 0. The van der Waals surface area contributed by atoms with E-state index < -0.39 is 18.1 Å². The fourth-order valence-electron chi connectivity index (χ4n) is 3.63. The van der Waals surface area contributed by atoms with Crippen LogP contribution in [-0.4, -0.2) is 25.3 Å². The van der Waals surface area contributed by atoms with E-state index in [1.54, 1.807) is 6.92 Å². The highest BCUT2D eigenvalue weighted by molar-refractivity contribution is 5.05. The van der Waals surface area contributed by atoms with Gasteiger partial charge in [-0.1, -0.05) is 6.92 Å². The van der Waals surface area contributed by atoms with Gasteiger partial charge in [0, 0.05) is 6.04 Å². The van der Waals surface area contributed by atoms with Crippen molar-refractivity contribution < 1.29 is 13.2 Å². The van der Waals surface area contributed by atoms with Crippen LogP contribution in [0, 0.1) is 17.3 Å². The molecule has 16 heavy (non-hydrogen) atoms. The van der Waals surface area contributed by atoms with Gasteiger partial charge in [-0.2, -0.15) is 13.2 Å². The molecule has 94 valence electrons. The van der Waals surface area contributed by atoms with Gasteiger partial charge in [0.1, 0.15) is 0 Å². The Morgan fingerprint density at radius 1 is 1.25 bits per heavy atom. The van der Waals surface area contributed by atoms with Crippen molar-refractivity contribution in [1.29, 1.82) is 0 Å². The Balaban J connectivity index is 2.20. The molecule has 3 N–H and O–H groups in total. The molecule has 5 heteroatoms. The average Bonchev–Trinajstić information content (AvgIpc) is 2.38. The van der Waals surface area contributed by atoms with Gasteiger partial charge in [-0.3, -0.25) is 0 Å². The molecule has 2 fully saturated rings. The maximum atomic E-state index is 12.9. The summed E-state index contributed by atoms with van der Waals surface area (Å²) in [5, 5.41) is 3.19. The Morgan fingerprint density at radius 2 is 1.81 bits per heavy atom. The Hall–Kier alpha value is -0.290. The van der Waals surface area contributed by atoms with Crippen molar-refractivity contribution in [3.05, 3.63) is 0 Å². The Labute approximate surface area is 93.8 Å². The third-order valence-electron chi connectivity index (χ3n) is 4.41. The molecule has 0 aromatic heterocycles. The Kier molecular flexibility index (Phi) is 2.95. The fourth-order valence-corrected chi connectivity index (χ4v) is 3.63. The lowest BCUT2D eigenvalue weighted by molar-refractivity contribution is -0.187. The molecule has 0 amide bonds. The summed E-state index contributed by atoms with van der Waals surface area (Å²) in [6.07, 6.45) is -1.95.